The molecule has 17 heavy (non-hydrogen) atoms. The molecule has 0 atom stereocenters. The van der Waals surface area contributed by atoms with Gasteiger partial charge in [0.2, 0.25) is 0 Å². The van der Waals surface area contributed by atoms with Crippen molar-refractivity contribution in [3.05, 3.63) is 54.3 Å². The molecule has 0 aliphatic carbocycles. The van der Waals surface area contributed by atoms with Gasteiger partial charge in [0.15, 0.2) is 5.96 Å². The fourth-order valence-electron chi connectivity index (χ4n) is 1.54. The second kappa shape index (κ2) is 4.65. The molecule has 2 aromatic carbocycles. The Morgan fingerprint density at radius 1 is 1.24 bits per heavy atom. The van der Waals surface area contributed by atoms with E-state index < -0.39 is 0 Å². The van der Waals surface area contributed by atoms with Crippen molar-refractivity contribution in [1.29, 1.82) is 5.41 Å². The first-order valence-corrected chi connectivity index (χ1v) is 5.04. The average molecular weight is 228 g/mol. The third kappa shape index (κ3) is 2.60. The first-order chi connectivity index (χ1) is 8.16. The van der Waals surface area contributed by atoms with Gasteiger partial charge in [-0.25, -0.2) is 4.39 Å². The van der Waals surface area contributed by atoms with Crippen LogP contribution in [0.1, 0.15) is 0 Å². The fraction of sp³-hybridized carbons (Fsp3) is 0. The van der Waals surface area contributed by atoms with Crippen LogP contribution in [0, 0.1) is 17.3 Å². The van der Waals surface area contributed by atoms with Crippen molar-refractivity contribution in [3.63, 3.8) is 0 Å². The summed E-state index contributed by atoms with van der Waals surface area (Å²) in [7, 11) is 0. The Labute approximate surface area is 98.6 Å². The van der Waals surface area contributed by atoms with Crippen LogP contribution in [-0.2, 0) is 0 Å². The molecular weight excluding hydrogens is 217 g/mol. The van der Waals surface area contributed by atoms with Crippen molar-refractivity contribution in [2.24, 2.45) is 5.73 Å². The lowest BCUT2D eigenvalue weighted by Crippen LogP contribution is -2.20. The minimum Gasteiger partial charge on any atom is -0.370 e. The second-order valence-electron chi connectivity index (χ2n) is 3.50. The van der Waals surface area contributed by atoms with Crippen LogP contribution in [0.15, 0.2) is 42.5 Å². The van der Waals surface area contributed by atoms with Gasteiger partial charge in [-0.2, -0.15) is 0 Å². The SMILES string of the molecule is N=C(N)Nc1ccc[c]c1-c1ccc(F)cc1. The summed E-state index contributed by atoms with van der Waals surface area (Å²) in [6.45, 7) is 0. The highest BCUT2D eigenvalue weighted by Crippen LogP contribution is 2.27. The molecule has 0 unspecified atom stereocenters. The van der Waals surface area contributed by atoms with Gasteiger partial charge in [-0.1, -0.05) is 24.3 Å². The summed E-state index contributed by atoms with van der Waals surface area (Å²) in [4.78, 5) is 0. The van der Waals surface area contributed by atoms with E-state index in [1.807, 2.05) is 0 Å². The van der Waals surface area contributed by atoms with E-state index in [1.165, 1.54) is 12.1 Å². The normalized spacial score (nSPS) is 9.94. The Kier molecular flexibility index (Phi) is 3.05. The highest BCUT2D eigenvalue weighted by atomic mass is 19.1. The number of halogens is 1. The van der Waals surface area contributed by atoms with Crippen molar-refractivity contribution in [3.8, 4) is 11.1 Å². The zero-order valence-electron chi connectivity index (χ0n) is 9.00. The van der Waals surface area contributed by atoms with E-state index in [0.29, 0.717) is 5.69 Å². The highest BCUT2D eigenvalue weighted by molar-refractivity contribution is 5.94. The van der Waals surface area contributed by atoms with Gasteiger partial charge in [-0.15, -0.1) is 0 Å². The molecular formula is C13H11FN3. The Morgan fingerprint density at radius 2 is 1.94 bits per heavy atom. The molecule has 0 aliphatic rings. The molecule has 2 rings (SSSR count). The zero-order valence-corrected chi connectivity index (χ0v) is 9.00. The van der Waals surface area contributed by atoms with Crippen LogP contribution in [0.4, 0.5) is 10.1 Å². The minimum absolute atomic E-state index is 0.145. The topological polar surface area (TPSA) is 61.9 Å². The molecule has 0 aromatic heterocycles. The number of anilines is 1. The zero-order chi connectivity index (χ0) is 12.3. The monoisotopic (exact) mass is 228 g/mol. The van der Waals surface area contributed by atoms with Gasteiger partial charge in [0, 0.05) is 11.3 Å². The molecule has 0 heterocycles. The van der Waals surface area contributed by atoms with Crippen molar-refractivity contribution in [2.75, 3.05) is 5.32 Å². The Morgan fingerprint density at radius 3 is 2.59 bits per heavy atom. The Balaban J connectivity index is 2.44. The lowest BCUT2D eigenvalue weighted by Gasteiger charge is -2.10. The van der Waals surface area contributed by atoms with Gasteiger partial charge >= 0.3 is 0 Å². The van der Waals surface area contributed by atoms with Crippen LogP contribution in [0.3, 0.4) is 0 Å². The molecule has 3 nitrogen and oxygen atoms in total. The summed E-state index contributed by atoms with van der Waals surface area (Å²) in [5.41, 5.74) is 7.53. The second-order valence-corrected chi connectivity index (χ2v) is 3.50. The van der Waals surface area contributed by atoms with E-state index in [-0.39, 0.29) is 11.8 Å². The molecule has 0 spiro atoms. The maximum Gasteiger partial charge on any atom is 0.190 e. The maximum absolute atomic E-state index is 12.8. The van der Waals surface area contributed by atoms with Crippen LogP contribution < -0.4 is 11.1 Å². The minimum atomic E-state index is -0.286. The number of nitrogens with two attached hydrogens (primary N) is 1. The van der Waals surface area contributed by atoms with Gasteiger partial charge in [0.25, 0.3) is 0 Å². The quantitative estimate of drug-likeness (QED) is 0.546. The van der Waals surface area contributed by atoms with Crippen LogP contribution in [0.5, 0.6) is 0 Å². The standard InChI is InChI=1S/C13H11FN3/c14-10-7-5-9(6-8-10)11-3-1-2-4-12(11)17-13(15)16/h1-2,4-8H,(H4,15,16,17). The van der Waals surface area contributed by atoms with Crippen LogP contribution in [-0.4, -0.2) is 5.96 Å². The van der Waals surface area contributed by atoms with E-state index in [4.69, 9.17) is 11.1 Å². The van der Waals surface area contributed by atoms with Crippen molar-refractivity contribution in [2.45, 2.75) is 0 Å². The summed E-state index contributed by atoms with van der Waals surface area (Å²) >= 11 is 0. The number of hydrogen-bond donors (Lipinski definition) is 3. The molecule has 4 N–H and O–H groups in total. The molecule has 0 aliphatic heterocycles. The predicted molar refractivity (Wildman–Crippen MR) is 66.2 cm³/mol. The number of benzene rings is 2. The van der Waals surface area contributed by atoms with E-state index in [2.05, 4.69) is 11.4 Å². The lowest BCUT2D eigenvalue weighted by molar-refractivity contribution is 0.628. The number of guanidine groups is 1. The first kappa shape index (κ1) is 11.1. The third-order valence-electron chi connectivity index (χ3n) is 2.26. The van der Waals surface area contributed by atoms with Gasteiger partial charge in [0.1, 0.15) is 5.82 Å². The smallest absolute Gasteiger partial charge is 0.190 e. The molecule has 0 saturated carbocycles. The average Bonchev–Trinajstić information content (AvgIpc) is 2.30. The number of rotatable bonds is 2. The summed E-state index contributed by atoms with van der Waals surface area (Å²) in [5.74, 6) is -0.432. The van der Waals surface area contributed by atoms with E-state index in [1.54, 1.807) is 30.3 Å². The number of hydrogen-bond acceptors (Lipinski definition) is 1. The van der Waals surface area contributed by atoms with E-state index >= 15 is 0 Å². The maximum atomic E-state index is 12.8. The van der Waals surface area contributed by atoms with Gasteiger partial charge in [0.05, 0.1) is 0 Å². The van der Waals surface area contributed by atoms with Crippen molar-refractivity contribution >= 4 is 11.6 Å². The van der Waals surface area contributed by atoms with Gasteiger partial charge < -0.3 is 11.1 Å². The largest absolute Gasteiger partial charge is 0.370 e. The Bertz CT molecular complexity index is 535. The molecule has 4 heteroatoms. The molecule has 0 fully saturated rings. The predicted octanol–water partition coefficient (Wildman–Crippen LogP) is 2.60. The summed E-state index contributed by atoms with van der Waals surface area (Å²) < 4.78 is 12.8. The van der Waals surface area contributed by atoms with E-state index in [0.717, 1.165) is 11.1 Å². The fourth-order valence-corrected chi connectivity index (χ4v) is 1.54. The van der Waals surface area contributed by atoms with Crippen molar-refractivity contribution in [1.82, 2.24) is 0 Å². The van der Waals surface area contributed by atoms with Crippen molar-refractivity contribution < 1.29 is 4.39 Å². The number of nitrogens with one attached hydrogen (secondary N) is 2. The lowest BCUT2D eigenvalue weighted by atomic mass is 10.0. The van der Waals surface area contributed by atoms with Gasteiger partial charge in [-0.3, -0.25) is 5.41 Å². The Hall–Kier alpha value is -2.36. The molecule has 0 bridgehead atoms. The highest BCUT2D eigenvalue weighted by Gasteiger charge is 2.05. The van der Waals surface area contributed by atoms with Crippen LogP contribution in [0.25, 0.3) is 11.1 Å². The summed E-state index contributed by atoms with van der Waals surface area (Å²) in [6.07, 6.45) is 0. The summed E-state index contributed by atoms with van der Waals surface area (Å²) in [6, 6.07) is 14.5. The molecule has 0 saturated heterocycles. The molecule has 85 valence electrons. The molecule has 1 radical (unpaired) electrons. The molecule has 0 amide bonds. The van der Waals surface area contributed by atoms with Crippen LogP contribution in [0.2, 0.25) is 0 Å². The third-order valence-corrected chi connectivity index (χ3v) is 2.26. The first-order valence-electron chi connectivity index (χ1n) is 5.04. The molecule has 2 aromatic rings. The van der Waals surface area contributed by atoms with Crippen LogP contribution >= 0.6 is 0 Å². The van der Waals surface area contributed by atoms with E-state index in [9.17, 15) is 4.39 Å². The van der Waals surface area contributed by atoms with Gasteiger partial charge in [-0.05, 0) is 29.8 Å². The summed E-state index contributed by atoms with van der Waals surface area (Å²) in [5, 5.41) is 9.94.